The minimum Gasteiger partial charge on any atom is -0.506 e. The Bertz CT molecular complexity index is 914. The van der Waals surface area contributed by atoms with Gasteiger partial charge >= 0.3 is 0 Å². The quantitative estimate of drug-likeness (QED) is 0.457. The summed E-state index contributed by atoms with van der Waals surface area (Å²) in [6, 6.07) is 8.96. The molecule has 1 saturated carbocycles. The lowest BCUT2D eigenvalue weighted by atomic mass is 9.89. The molecule has 0 spiro atoms. The molecule has 0 aliphatic heterocycles. The summed E-state index contributed by atoms with van der Waals surface area (Å²) in [5, 5.41) is 10.9. The number of carbonyl (C=O) groups is 2. The molecule has 1 N–H and O–H groups in total. The summed E-state index contributed by atoms with van der Waals surface area (Å²) in [6.07, 6.45) is 0.984. The standard InChI is InChI=1S/C21H18ClFO4/c1-12-15(20(26)19-17(24)3-2-4-18(19)25)9-10-16(22)21(12)27-11-13-5-7-14(23)8-6-13/h5-10,26H,2-4,11H2,1H3. The van der Waals surface area contributed by atoms with E-state index in [1.165, 1.54) is 12.1 Å². The maximum Gasteiger partial charge on any atom is 0.170 e. The summed E-state index contributed by atoms with van der Waals surface area (Å²) in [5.41, 5.74) is 1.43. The van der Waals surface area contributed by atoms with Crippen LogP contribution in [0.4, 0.5) is 4.39 Å². The number of ether oxygens (including phenoxy) is 1. The van der Waals surface area contributed by atoms with Crippen LogP contribution in [-0.2, 0) is 16.2 Å². The number of aliphatic hydroxyl groups is 1. The van der Waals surface area contributed by atoms with Crippen LogP contribution in [0.1, 0.15) is 36.0 Å². The molecule has 0 unspecified atom stereocenters. The van der Waals surface area contributed by atoms with E-state index in [9.17, 15) is 19.1 Å². The first-order valence-corrected chi connectivity index (χ1v) is 8.92. The lowest BCUT2D eigenvalue weighted by Gasteiger charge is -2.17. The Morgan fingerprint density at radius 1 is 1.11 bits per heavy atom. The molecule has 0 aromatic heterocycles. The monoisotopic (exact) mass is 388 g/mol. The Morgan fingerprint density at radius 3 is 2.37 bits per heavy atom. The van der Waals surface area contributed by atoms with Crippen molar-refractivity contribution in [2.24, 2.45) is 0 Å². The van der Waals surface area contributed by atoms with E-state index in [1.54, 1.807) is 31.2 Å². The van der Waals surface area contributed by atoms with Crippen LogP contribution in [0.15, 0.2) is 42.0 Å². The van der Waals surface area contributed by atoms with Gasteiger partial charge in [0.05, 0.1) is 5.02 Å². The maximum absolute atomic E-state index is 13.0. The Morgan fingerprint density at radius 2 is 1.74 bits per heavy atom. The van der Waals surface area contributed by atoms with Gasteiger partial charge in [-0.1, -0.05) is 23.7 Å². The number of benzene rings is 2. The van der Waals surface area contributed by atoms with Crippen molar-refractivity contribution in [2.45, 2.75) is 32.8 Å². The molecule has 2 aromatic carbocycles. The molecule has 1 fully saturated rings. The van der Waals surface area contributed by atoms with Crippen molar-refractivity contribution in [2.75, 3.05) is 0 Å². The highest BCUT2D eigenvalue weighted by Gasteiger charge is 2.28. The Labute approximate surface area is 161 Å². The molecule has 0 bridgehead atoms. The van der Waals surface area contributed by atoms with Gasteiger partial charge in [-0.25, -0.2) is 4.39 Å². The van der Waals surface area contributed by atoms with Gasteiger partial charge in [-0.15, -0.1) is 0 Å². The zero-order valence-corrected chi connectivity index (χ0v) is 15.5. The van der Waals surface area contributed by atoms with Crippen molar-refractivity contribution >= 4 is 28.9 Å². The van der Waals surface area contributed by atoms with E-state index in [1.807, 2.05) is 0 Å². The third-order valence-corrected chi connectivity index (χ3v) is 4.81. The lowest BCUT2D eigenvalue weighted by molar-refractivity contribution is -0.123. The number of aliphatic hydroxyl groups excluding tert-OH is 1. The van der Waals surface area contributed by atoms with E-state index in [0.29, 0.717) is 28.3 Å². The summed E-state index contributed by atoms with van der Waals surface area (Å²) in [7, 11) is 0. The summed E-state index contributed by atoms with van der Waals surface area (Å²) < 4.78 is 18.8. The fourth-order valence-electron chi connectivity index (χ4n) is 3.04. The van der Waals surface area contributed by atoms with Gasteiger partial charge in [0, 0.05) is 24.0 Å². The number of allylic oxidation sites excluding steroid dienone is 1. The Hall–Kier alpha value is -2.66. The largest absolute Gasteiger partial charge is 0.506 e. The summed E-state index contributed by atoms with van der Waals surface area (Å²) >= 11 is 6.22. The average molecular weight is 389 g/mol. The Kier molecular flexibility index (Phi) is 5.61. The zero-order chi connectivity index (χ0) is 19.6. The van der Waals surface area contributed by atoms with Crippen molar-refractivity contribution in [1.82, 2.24) is 0 Å². The minimum atomic E-state index is -0.355. The van der Waals surface area contributed by atoms with E-state index in [-0.39, 0.29) is 48.2 Å². The second-order valence-electron chi connectivity index (χ2n) is 6.39. The van der Waals surface area contributed by atoms with Crippen molar-refractivity contribution < 1.29 is 23.8 Å². The van der Waals surface area contributed by atoms with Gasteiger partial charge in [0.25, 0.3) is 0 Å². The van der Waals surface area contributed by atoms with Gasteiger partial charge in [0.2, 0.25) is 0 Å². The van der Waals surface area contributed by atoms with Gasteiger partial charge in [-0.2, -0.15) is 0 Å². The van der Waals surface area contributed by atoms with Crippen LogP contribution in [0.25, 0.3) is 5.76 Å². The second kappa shape index (κ2) is 7.92. The number of carbonyl (C=O) groups excluding carboxylic acids is 2. The first-order chi connectivity index (χ1) is 12.9. The van der Waals surface area contributed by atoms with Crippen molar-refractivity contribution in [3.63, 3.8) is 0 Å². The maximum atomic E-state index is 13.0. The molecule has 4 nitrogen and oxygen atoms in total. The lowest BCUT2D eigenvalue weighted by Crippen LogP contribution is -2.20. The van der Waals surface area contributed by atoms with Crippen LogP contribution in [0.5, 0.6) is 5.75 Å². The number of hydrogen-bond acceptors (Lipinski definition) is 4. The van der Waals surface area contributed by atoms with Crippen LogP contribution in [0, 0.1) is 12.7 Å². The fourth-order valence-corrected chi connectivity index (χ4v) is 3.30. The fraction of sp³-hybridized carbons (Fsp3) is 0.238. The molecule has 27 heavy (non-hydrogen) atoms. The molecule has 0 amide bonds. The number of hydrogen-bond donors (Lipinski definition) is 1. The molecular weight excluding hydrogens is 371 g/mol. The van der Waals surface area contributed by atoms with Crippen molar-refractivity contribution in [3.05, 3.63) is 69.5 Å². The molecule has 0 atom stereocenters. The molecule has 0 heterocycles. The van der Waals surface area contributed by atoms with Gasteiger partial charge < -0.3 is 9.84 Å². The first kappa shape index (κ1) is 19.1. The average Bonchev–Trinajstić information content (AvgIpc) is 2.63. The molecule has 2 aromatic rings. The van der Waals surface area contributed by atoms with Gasteiger partial charge in [-0.05, 0) is 43.2 Å². The van der Waals surface area contributed by atoms with Crippen LogP contribution >= 0.6 is 11.6 Å². The third-order valence-electron chi connectivity index (χ3n) is 4.51. The van der Waals surface area contributed by atoms with Crippen molar-refractivity contribution in [1.29, 1.82) is 0 Å². The minimum absolute atomic E-state index is 0.152. The Balaban J connectivity index is 1.94. The van der Waals surface area contributed by atoms with E-state index in [0.717, 1.165) is 5.56 Å². The topological polar surface area (TPSA) is 63.6 Å². The predicted octanol–water partition coefficient (Wildman–Crippen LogP) is 4.96. The molecule has 1 aliphatic rings. The highest BCUT2D eigenvalue weighted by Crippen LogP contribution is 2.35. The van der Waals surface area contributed by atoms with E-state index in [4.69, 9.17) is 16.3 Å². The highest BCUT2D eigenvalue weighted by molar-refractivity contribution is 6.32. The van der Waals surface area contributed by atoms with Crippen molar-refractivity contribution in [3.8, 4) is 5.75 Å². The number of Topliss-reactive ketones (excluding diaryl/α,β-unsaturated/α-hetero) is 2. The van der Waals surface area contributed by atoms with Gasteiger partial charge in [0.1, 0.15) is 29.5 Å². The molecule has 6 heteroatoms. The number of ketones is 2. The van der Waals surface area contributed by atoms with Crippen LogP contribution in [0.3, 0.4) is 0 Å². The van der Waals surface area contributed by atoms with E-state index >= 15 is 0 Å². The third kappa shape index (κ3) is 4.03. The summed E-state index contributed by atoms with van der Waals surface area (Å²) in [4.78, 5) is 24.2. The predicted molar refractivity (Wildman–Crippen MR) is 100 cm³/mol. The number of rotatable bonds is 4. The molecule has 0 radical (unpaired) electrons. The normalized spacial score (nSPS) is 14.4. The number of halogens is 2. The molecule has 3 rings (SSSR count). The second-order valence-corrected chi connectivity index (χ2v) is 6.79. The van der Waals surface area contributed by atoms with E-state index in [2.05, 4.69) is 0 Å². The van der Waals surface area contributed by atoms with E-state index < -0.39 is 0 Å². The molecule has 1 aliphatic carbocycles. The molecule has 0 saturated heterocycles. The highest BCUT2D eigenvalue weighted by atomic mass is 35.5. The molecular formula is C21H18ClFO4. The summed E-state index contributed by atoms with van der Waals surface area (Å²) in [6.45, 7) is 1.84. The smallest absolute Gasteiger partial charge is 0.170 e. The summed E-state index contributed by atoms with van der Waals surface area (Å²) in [5.74, 6) is -1.06. The SMILES string of the molecule is Cc1c(C(O)=C2C(=O)CCCC2=O)ccc(Cl)c1OCc1ccc(F)cc1. The van der Waals surface area contributed by atoms with Crippen LogP contribution < -0.4 is 4.74 Å². The van der Waals surface area contributed by atoms with Crippen LogP contribution in [-0.4, -0.2) is 16.7 Å². The van der Waals surface area contributed by atoms with Gasteiger partial charge in [-0.3, -0.25) is 9.59 Å². The zero-order valence-electron chi connectivity index (χ0n) is 14.7. The first-order valence-electron chi connectivity index (χ1n) is 8.55. The van der Waals surface area contributed by atoms with Gasteiger partial charge in [0.15, 0.2) is 11.6 Å². The molecule has 140 valence electrons. The van der Waals surface area contributed by atoms with Crippen LogP contribution in [0.2, 0.25) is 5.02 Å².